The molecular formula is C37H42HfN2S-4. The fraction of sp³-hybridized carbons (Fsp3) is 0.270. The van der Waals surface area contributed by atoms with Crippen molar-refractivity contribution in [1.29, 1.82) is 0 Å². The van der Waals surface area contributed by atoms with Gasteiger partial charge in [-0.15, -0.1) is 46.2 Å². The third kappa shape index (κ3) is 7.09. The second-order valence-corrected chi connectivity index (χ2v) is 11.8. The van der Waals surface area contributed by atoms with E-state index >= 15 is 0 Å². The molecule has 0 amide bonds. The molecule has 0 saturated heterocycles. The molecule has 0 fully saturated rings. The van der Waals surface area contributed by atoms with Gasteiger partial charge in [-0.1, -0.05) is 104 Å². The topological polar surface area (TPSA) is 27.0 Å². The largest absolute Gasteiger partial charge is 0.672 e. The van der Waals surface area contributed by atoms with Crippen LogP contribution >= 0.6 is 11.3 Å². The van der Waals surface area contributed by atoms with Crippen LogP contribution in [0, 0.1) is 41.7 Å². The van der Waals surface area contributed by atoms with Crippen molar-refractivity contribution in [2.24, 2.45) is 0 Å². The molecule has 1 heterocycles. The van der Waals surface area contributed by atoms with Crippen molar-refractivity contribution in [3.8, 4) is 11.3 Å². The summed E-state index contributed by atoms with van der Waals surface area (Å²) >= 11 is 1.70. The standard InChI is InChI=1S/C35H36N2S.2CH3.Hf/c1-21(2)27-15-11-16-28(22(3)4)33(27)37-34(32-24(6)18-23(5)19-25(32)7)35-36-31(20-38-35)30-17-10-13-26-12-8-9-14-29(26)30;;;/h8-16,18-22,34H,1-7H3;2*1H3;/q-2;2*-1;. The number of fused-ring (bicyclic) bond motifs is 1. The Morgan fingerprint density at radius 2 is 1.41 bits per heavy atom. The van der Waals surface area contributed by atoms with Gasteiger partial charge < -0.3 is 20.2 Å². The summed E-state index contributed by atoms with van der Waals surface area (Å²) in [6.45, 7) is 15.6. The Morgan fingerprint density at radius 1 is 0.805 bits per heavy atom. The molecule has 1 atom stereocenters. The number of benzene rings is 4. The summed E-state index contributed by atoms with van der Waals surface area (Å²) < 4.78 is 0. The van der Waals surface area contributed by atoms with Gasteiger partial charge in [0, 0.05) is 25.8 Å². The Morgan fingerprint density at radius 3 is 2.02 bits per heavy atom. The van der Waals surface area contributed by atoms with Crippen molar-refractivity contribution in [3.63, 3.8) is 0 Å². The number of aryl methyl sites for hydroxylation is 3. The van der Waals surface area contributed by atoms with Gasteiger partial charge in [-0.2, -0.15) is 0 Å². The molecule has 1 aromatic heterocycles. The quantitative estimate of drug-likeness (QED) is 0.121. The van der Waals surface area contributed by atoms with E-state index in [0.29, 0.717) is 11.8 Å². The maximum atomic E-state index is 5.60. The van der Waals surface area contributed by atoms with Gasteiger partial charge in [0.25, 0.3) is 0 Å². The summed E-state index contributed by atoms with van der Waals surface area (Å²) in [5.74, 6) is 0.760. The summed E-state index contributed by atoms with van der Waals surface area (Å²) in [6.07, 6.45) is 0. The Kier molecular flexibility index (Phi) is 12.3. The fourth-order valence-corrected chi connectivity index (χ4v) is 6.41. The Labute approximate surface area is 271 Å². The van der Waals surface area contributed by atoms with Crippen molar-refractivity contribution in [2.75, 3.05) is 0 Å². The summed E-state index contributed by atoms with van der Waals surface area (Å²) in [4.78, 5) is 5.25. The molecule has 0 aliphatic heterocycles. The summed E-state index contributed by atoms with van der Waals surface area (Å²) in [6, 6.07) is 27.1. The van der Waals surface area contributed by atoms with E-state index < -0.39 is 0 Å². The molecule has 41 heavy (non-hydrogen) atoms. The summed E-state index contributed by atoms with van der Waals surface area (Å²) in [7, 11) is 0. The van der Waals surface area contributed by atoms with E-state index in [1.54, 1.807) is 11.3 Å². The monoisotopic (exact) mass is 726 g/mol. The molecular weight excluding hydrogens is 683 g/mol. The first kappa shape index (κ1) is 34.6. The predicted molar refractivity (Wildman–Crippen MR) is 177 cm³/mol. The van der Waals surface area contributed by atoms with Crippen LogP contribution in [0.5, 0.6) is 0 Å². The van der Waals surface area contributed by atoms with Crippen molar-refractivity contribution in [1.82, 2.24) is 4.98 Å². The first-order valence-corrected chi connectivity index (χ1v) is 14.4. The van der Waals surface area contributed by atoms with E-state index in [-0.39, 0.29) is 46.7 Å². The second kappa shape index (κ2) is 14.6. The molecule has 4 heteroatoms. The molecule has 0 bridgehead atoms. The van der Waals surface area contributed by atoms with Crippen LogP contribution in [0.2, 0.25) is 0 Å². The van der Waals surface area contributed by atoms with E-state index in [4.69, 9.17) is 10.3 Å². The number of aromatic nitrogens is 1. The van der Waals surface area contributed by atoms with E-state index in [0.717, 1.165) is 22.0 Å². The van der Waals surface area contributed by atoms with E-state index in [2.05, 4.69) is 121 Å². The van der Waals surface area contributed by atoms with Crippen molar-refractivity contribution in [2.45, 2.75) is 66.3 Å². The number of hydrogen-bond donors (Lipinski definition) is 0. The van der Waals surface area contributed by atoms with Gasteiger partial charge in [0.1, 0.15) is 0 Å². The molecule has 0 aliphatic rings. The zero-order chi connectivity index (χ0) is 27.0. The zero-order valence-electron chi connectivity index (χ0n) is 26.0. The van der Waals surface area contributed by atoms with Crippen molar-refractivity contribution >= 4 is 27.8 Å². The molecule has 4 aromatic carbocycles. The van der Waals surface area contributed by atoms with Gasteiger partial charge >= 0.3 is 0 Å². The van der Waals surface area contributed by atoms with E-state index in [1.807, 2.05) is 6.07 Å². The van der Waals surface area contributed by atoms with Crippen LogP contribution in [-0.4, -0.2) is 4.98 Å². The third-order valence-electron chi connectivity index (χ3n) is 7.34. The van der Waals surface area contributed by atoms with Gasteiger partial charge in [0.2, 0.25) is 0 Å². The minimum Gasteiger partial charge on any atom is -0.672 e. The van der Waals surface area contributed by atoms with Gasteiger partial charge in [-0.3, -0.25) is 4.98 Å². The molecule has 5 aromatic rings. The SMILES string of the molecule is Cc1cc(C)c(C([N-]c2c(C(C)C)cccc2C(C)C)c2nc(-c3[c-]ccc4ccccc34)cs2)c(C)c1.[CH3-].[CH3-].[Hf]. The van der Waals surface area contributed by atoms with Gasteiger partial charge in [0.15, 0.2) is 0 Å². The Hall–Kier alpha value is -2.56. The molecule has 0 radical (unpaired) electrons. The smallest absolute Gasteiger partial charge is 0.0711 e. The molecule has 0 aliphatic carbocycles. The number of nitrogens with zero attached hydrogens (tertiary/aromatic N) is 2. The number of thiazole rings is 1. The summed E-state index contributed by atoms with van der Waals surface area (Å²) in [5, 5.41) is 11.2. The van der Waals surface area contributed by atoms with Crippen LogP contribution in [0.1, 0.15) is 84.0 Å². The number of para-hydroxylation sites is 1. The first-order valence-electron chi connectivity index (χ1n) is 13.5. The van der Waals surface area contributed by atoms with Crippen LogP contribution < -0.4 is 0 Å². The minimum absolute atomic E-state index is 0. The second-order valence-electron chi connectivity index (χ2n) is 10.9. The molecule has 0 N–H and O–H groups in total. The maximum absolute atomic E-state index is 5.60. The molecule has 5 rings (SSSR count). The molecule has 0 spiro atoms. The molecule has 1 unspecified atom stereocenters. The molecule has 214 valence electrons. The van der Waals surface area contributed by atoms with Crippen LogP contribution in [0.25, 0.3) is 27.3 Å². The number of rotatable bonds is 7. The molecule has 2 nitrogen and oxygen atoms in total. The predicted octanol–water partition coefficient (Wildman–Crippen LogP) is 11.6. The first-order chi connectivity index (χ1) is 18.2. The average molecular weight is 725 g/mol. The van der Waals surface area contributed by atoms with Gasteiger partial charge in [-0.25, -0.2) is 0 Å². The van der Waals surface area contributed by atoms with Gasteiger partial charge in [-0.05, 0) is 66.4 Å². The van der Waals surface area contributed by atoms with Crippen LogP contribution in [0.15, 0.2) is 72.1 Å². The minimum atomic E-state index is -0.179. The Bertz CT molecular complexity index is 1540. The van der Waals surface area contributed by atoms with Crippen molar-refractivity contribution < 1.29 is 25.8 Å². The van der Waals surface area contributed by atoms with Gasteiger partial charge in [0.05, 0.1) is 5.01 Å². The van der Waals surface area contributed by atoms with Crippen LogP contribution in [0.3, 0.4) is 0 Å². The maximum Gasteiger partial charge on any atom is 0.0711 e. The number of hydrogen-bond acceptors (Lipinski definition) is 2. The zero-order valence-corrected chi connectivity index (χ0v) is 30.4. The molecule has 0 saturated carbocycles. The summed E-state index contributed by atoms with van der Waals surface area (Å²) in [5.41, 5.74) is 10.8. The third-order valence-corrected chi connectivity index (χ3v) is 8.24. The fourth-order valence-electron chi connectivity index (χ4n) is 5.56. The normalized spacial score (nSPS) is 11.5. The average Bonchev–Trinajstić information content (AvgIpc) is 3.37. The van der Waals surface area contributed by atoms with Crippen LogP contribution in [0.4, 0.5) is 5.69 Å². The Balaban J connectivity index is 0.00000196. The van der Waals surface area contributed by atoms with E-state index in [1.165, 1.54) is 44.2 Å². The van der Waals surface area contributed by atoms with Crippen molar-refractivity contribution in [3.05, 3.63) is 137 Å². The van der Waals surface area contributed by atoms with E-state index in [9.17, 15) is 0 Å². The van der Waals surface area contributed by atoms with Crippen LogP contribution in [-0.2, 0) is 25.8 Å².